The Labute approximate surface area is 85.1 Å². The van der Waals surface area contributed by atoms with Gasteiger partial charge >= 0.3 is 0 Å². The van der Waals surface area contributed by atoms with Crippen molar-refractivity contribution in [2.24, 2.45) is 10.9 Å². The first-order valence-electron chi connectivity index (χ1n) is 3.30. The average Bonchev–Trinajstić information content (AvgIpc) is 2.14. The summed E-state index contributed by atoms with van der Waals surface area (Å²) in [4.78, 5) is 0. The summed E-state index contributed by atoms with van der Waals surface area (Å²) < 4.78 is 38.0. The number of halogens is 4. The third-order valence-electron chi connectivity index (χ3n) is 1.48. The fourth-order valence-corrected chi connectivity index (χ4v) is 1.43. The molecule has 0 saturated carbocycles. The summed E-state index contributed by atoms with van der Waals surface area (Å²) in [5.41, 5.74) is 4.53. The number of hydrogen-bond donors (Lipinski definition) is 2. The molecule has 3 N–H and O–H groups in total. The van der Waals surface area contributed by atoms with Crippen LogP contribution in [0.3, 0.4) is 0 Å². The number of benzene rings is 1. The highest BCUT2D eigenvalue weighted by Crippen LogP contribution is 2.25. The van der Waals surface area contributed by atoms with Crippen molar-refractivity contribution >= 4 is 21.8 Å². The summed E-state index contributed by atoms with van der Waals surface area (Å²) in [6.45, 7) is 0. The first-order valence-corrected chi connectivity index (χ1v) is 4.09. The van der Waals surface area contributed by atoms with Crippen LogP contribution in [-0.2, 0) is 0 Å². The van der Waals surface area contributed by atoms with E-state index in [1.807, 2.05) is 0 Å². The molecule has 14 heavy (non-hydrogen) atoms. The van der Waals surface area contributed by atoms with Crippen molar-refractivity contribution in [2.45, 2.75) is 0 Å². The third kappa shape index (κ3) is 1.67. The normalized spacial score (nSPS) is 11.9. The smallest absolute Gasteiger partial charge is 0.174 e. The van der Waals surface area contributed by atoms with E-state index >= 15 is 0 Å². The maximum atomic E-state index is 13.0. The molecule has 0 aliphatic carbocycles. The second-order valence-electron chi connectivity index (χ2n) is 2.33. The summed E-state index contributed by atoms with van der Waals surface area (Å²) in [6, 6.07) is 0.313. The Kier molecular flexibility index (Phi) is 3.00. The van der Waals surface area contributed by atoms with E-state index in [0.717, 1.165) is 0 Å². The van der Waals surface area contributed by atoms with Gasteiger partial charge in [-0.2, -0.15) is 0 Å². The van der Waals surface area contributed by atoms with Crippen molar-refractivity contribution in [1.82, 2.24) is 0 Å². The molecule has 1 aromatic rings. The Morgan fingerprint density at radius 2 is 1.93 bits per heavy atom. The van der Waals surface area contributed by atoms with Crippen molar-refractivity contribution in [2.75, 3.05) is 0 Å². The van der Waals surface area contributed by atoms with E-state index in [4.69, 9.17) is 10.9 Å². The van der Waals surface area contributed by atoms with Crippen LogP contribution in [0.25, 0.3) is 0 Å². The first kappa shape index (κ1) is 10.8. The molecule has 0 spiro atoms. The van der Waals surface area contributed by atoms with Crippen LogP contribution in [0.2, 0.25) is 0 Å². The summed E-state index contributed by atoms with van der Waals surface area (Å²) in [5, 5.41) is 10.7. The van der Waals surface area contributed by atoms with Crippen molar-refractivity contribution in [3.63, 3.8) is 0 Å². The second kappa shape index (κ2) is 3.87. The molecule has 0 amide bonds. The van der Waals surface area contributed by atoms with Gasteiger partial charge in [0.1, 0.15) is 5.82 Å². The number of nitrogens with two attached hydrogens (primary N) is 1. The maximum Gasteiger partial charge on any atom is 0.174 e. The zero-order valence-corrected chi connectivity index (χ0v) is 8.15. The van der Waals surface area contributed by atoms with E-state index in [-0.39, 0.29) is 0 Å². The predicted molar refractivity (Wildman–Crippen MR) is 46.5 cm³/mol. The van der Waals surface area contributed by atoms with E-state index < -0.39 is 33.3 Å². The highest BCUT2D eigenvalue weighted by molar-refractivity contribution is 9.10. The van der Waals surface area contributed by atoms with Crippen molar-refractivity contribution in [1.29, 1.82) is 0 Å². The van der Waals surface area contributed by atoms with Crippen LogP contribution in [0.5, 0.6) is 0 Å². The van der Waals surface area contributed by atoms with Gasteiger partial charge in [-0.1, -0.05) is 5.16 Å². The van der Waals surface area contributed by atoms with Gasteiger partial charge in [0.05, 0.1) is 10.0 Å². The minimum Gasteiger partial charge on any atom is -0.409 e. The van der Waals surface area contributed by atoms with Crippen LogP contribution < -0.4 is 5.73 Å². The van der Waals surface area contributed by atoms with Crippen LogP contribution in [0, 0.1) is 17.5 Å². The first-order chi connectivity index (χ1) is 6.49. The van der Waals surface area contributed by atoms with Gasteiger partial charge in [0.2, 0.25) is 0 Å². The molecule has 0 aromatic heterocycles. The number of oxime groups is 1. The van der Waals surface area contributed by atoms with Gasteiger partial charge in [-0.05, 0) is 15.9 Å². The van der Waals surface area contributed by atoms with Gasteiger partial charge < -0.3 is 10.9 Å². The summed E-state index contributed by atoms with van der Waals surface area (Å²) in [7, 11) is 0. The summed E-state index contributed by atoms with van der Waals surface area (Å²) in [5.74, 6) is -4.42. The number of nitrogens with zero attached hydrogens (tertiary/aromatic N) is 1. The molecule has 0 bridgehead atoms. The molecule has 1 rings (SSSR count). The van der Waals surface area contributed by atoms with Crippen LogP contribution in [-0.4, -0.2) is 11.0 Å². The fourth-order valence-electron chi connectivity index (χ4n) is 0.851. The second-order valence-corrected chi connectivity index (χ2v) is 3.12. The summed E-state index contributed by atoms with van der Waals surface area (Å²) in [6.07, 6.45) is 0. The lowest BCUT2D eigenvalue weighted by molar-refractivity contribution is 0.318. The minimum absolute atomic E-state index is 0.313. The molecule has 3 nitrogen and oxygen atoms in total. The average molecular weight is 269 g/mol. The van der Waals surface area contributed by atoms with Crippen LogP contribution in [0.4, 0.5) is 13.2 Å². The molecule has 1 aromatic carbocycles. The van der Waals surface area contributed by atoms with Gasteiger partial charge in [-0.3, -0.25) is 0 Å². The minimum atomic E-state index is -1.36. The van der Waals surface area contributed by atoms with Crippen LogP contribution in [0.1, 0.15) is 5.56 Å². The van der Waals surface area contributed by atoms with Crippen LogP contribution >= 0.6 is 15.9 Å². The monoisotopic (exact) mass is 268 g/mol. The molecular weight excluding hydrogens is 265 g/mol. The Balaban J connectivity index is 3.52. The zero-order valence-electron chi connectivity index (χ0n) is 6.56. The Hall–Kier alpha value is -1.24. The molecule has 0 unspecified atom stereocenters. The van der Waals surface area contributed by atoms with Crippen LogP contribution in [0.15, 0.2) is 15.7 Å². The molecule has 0 atom stereocenters. The molecule has 0 radical (unpaired) electrons. The summed E-state index contributed by atoms with van der Waals surface area (Å²) >= 11 is 2.60. The Morgan fingerprint density at radius 3 is 2.43 bits per heavy atom. The predicted octanol–water partition coefficient (Wildman–Crippen LogP) is 1.96. The highest BCUT2D eigenvalue weighted by atomic mass is 79.9. The standard InChI is InChI=1S/C7H4BrF3N2O/c8-5-4(7(12)13-14)2(9)1-3(10)6(5)11/h1,14H,(H2,12,13). The van der Waals surface area contributed by atoms with Gasteiger partial charge in [0.15, 0.2) is 17.5 Å². The fraction of sp³-hybridized carbons (Fsp3) is 0. The van der Waals surface area contributed by atoms with Gasteiger partial charge in [0.25, 0.3) is 0 Å². The molecule has 76 valence electrons. The van der Waals surface area contributed by atoms with Gasteiger partial charge in [0, 0.05) is 6.07 Å². The lowest BCUT2D eigenvalue weighted by atomic mass is 10.2. The molecule has 0 fully saturated rings. The van der Waals surface area contributed by atoms with Crippen molar-refractivity contribution in [3.8, 4) is 0 Å². The van der Waals surface area contributed by atoms with E-state index in [1.54, 1.807) is 0 Å². The largest absolute Gasteiger partial charge is 0.409 e. The number of amidine groups is 1. The number of rotatable bonds is 1. The van der Waals surface area contributed by atoms with Gasteiger partial charge in [-0.15, -0.1) is 0 Å². The molecule has 7 heteroatoms. The molecular formula is C7H4BrF3N2O. The third-order valence-corrected chi connectivity index (χ3v) is 2.22. The lowest BCUT2D eigenvalue weighted by Gasteiger charge is -2.05. The lowest BCUT2D eigenvalue weighted by Crippen LogP contribution is -2.17. The molecule has 0 saturated heterocycles. The van der Waals surface area contributed by atoms with E-state index in [2.05, 4.69) is 21.1 Å². The van der Waals surface area contributed by atoms with E-state index in [9.17, 15) is 13.2 Å². The topological polar surface area (TPSA) is 58.6 Å². The highest BCUT2D eigenvalue weighted by Gasteiger charge is 2.19. The van der Waals surface area contributed by atoms with Crippen molar-refractivity contribution < 1.29 is 18.4 Å². The number of hydrogen-bond acceptors (Lipinski definition) is 2. The van der Waals surface area contributed by atoms with E-state index in [0.29, 0.717) is 6.07 Å². The zero-order chi connectivity index (χ0) is 10.9. The molecule has 0 aliphatic heterocycles. The maximum absolute atomic E-state index is 13.0. The van der Waals surface area contributed by atoms with Gasteiger partial charge in [-0.25, -0.2) is 13.2 Å². The SMILES string of the molecule is NC(=NO)c1c(F)cc(F)c(F)c1Br. The quantitative estimate of drug-likeness (QED) is 0.204. The van der Waals surface area contributed by atoms with Crippen molar-refractivity contribution in [3.05, 3.63) is 33.6 Å². The Bertz CT molecular complexity index is 408. The molecule has 0 heterocycles. The molecule has 0 aliphatic rings. The van der Waals surface area contributed by atoms with E-state index in [1.165, 1.54) is 0 Å². The Morgan fingerprint density at radius 1 is 1.36 bits per heavy atom.